The first kappa shape index (κ1) is 19.2. The SMILES string of the molecule is Cc1ccccc1N1C(=O)CSC1c1cccc(NC(=O)c2ccc(F)cc2)c1. The zero-order chi connectivity index (χ0) is 20.4. The highest BCUT2D eigenvalue weighted by atomic mass is 32.2. The van der Waals surface area contributed by atoms with Gasteiger partial charge in [-0.2, -0.15) is 0 Å². The van der Waals surface area contributed by atoms with Gasteiger partial charge in [0.2, 0.25) is 5.91 Å². The van der Waals surface area contributed by atoms with Crippen molar-refractivity contribution >= 4 is 35.0 Å². The third-order valence-electron chi connectivity index (χ3n) is 4.78. The van der Waals surface area contributed by atoms with Gasteiger partial charge in [0, 0.05) is 16.9 Å². The molecule has 2 amide bonds. The number of hydrogen-bond donors (Lipinski definition) is 1. The first-order chi connectivity index (χ1) is 14.0. The number of carbonyl (C=O) groups is 2. The second kappa shape index (κ2) is 8.09. The summed E-state index contributed by atoms with van der Waals surface area (Å²) in [6.45, 7) is 1.99. The predicted octanol–water partition coefficient (Wildman–Crippen LogP) is 5.17. The number of amides is 2. The first-order valence-electron chi connectivity index (χ1n) is 9.19. The van der Waals surface area contributed by atoms with Crippen LogP contribution in [0.15, 0.2) is 72.8 Å². The monoisotopic (exact) mass is 406 g/mol. The number of aryl methyl sites for hydroxylation is 1. The van der Waals surface area contributed by atoms with Crippen molar-refractivity contribution in [2.24, 2.45) is 0 Å². The molecule has 0 radical (unpaired) electrons. The second-order valence-corrected chi connectivity index (χ2v) is 7.87. The third-order valence-corrected chi connectivity index (χ3v) is 5.99. The van der Waals surface area contributed by atoms with Crippen LogP contribution in [0.1, 0.15) is 26.9 Å². The van der Waals surface area contributed by atoms with Crippen LogP contribution in [0.3, 0.4) is 0 Å². The third kappa shape index (κ3) is 4.03. The van der Waals surface area contributed by atoms with Crippen LogP contribution in [0.4, 0.5) is 15.8 Å². The summed E-state index contributed by atoms with van der Waals surface area (Å²) in [5, 5.41) is 2.68. The summed E-state index contributed by atoms with van der Waals surface area (Å²) in [7, 11) is 0. The van der Waals surface area contributed by atoms with E-state index in [0.29, 0.717) is 17.0 Å². The number of anilines is 2. The predicted molar refractivity (Wildman–Crippen MR) is 115 cm³/mol. The average molecular weight is 406 g/mol. The van der Waals surface area contributed by atoms with Crippen LogP contribution in [0, 0.1) is 12.7 Å². The highest BCUT2D eigenvalue weighted by molar-refractivity contribution is 8.00. The van der Waals surface area contributed by atoms with Gasteiger partial charge in [-0.25, -0.2) is 4.39 Å². The van der Waals surface area contributed by atoms with Crippen LogP contribution in [-0.4, -0.2) is 17.6 Å². The molecule has 1 saturated heterocycles. The fourth-order valence-corrected chi connectivity index (χ4v) is 4.50. The minimum atomic E-state index is -0.386. The van der Waals surface area contributed by atoms with E-state index in [2.05, 4.69) is 5.32 Å². The molecule has 3 aromatic carbocycles. The fourth-order valence-electron chi connectivity index (χ4n) is 3.34. The number of hydrogen-bond acceptors (Lipinski definition) is 3. The molecule has 1 unspecified atom stereocenters. The van der Waals surface area contributed by atoms with E-state index >= 15 is 0 Å². The molecule has 0 saturated carbocycles. The molecule has 1 aliphatic heterocycles. The molecule has 1 aliphatic rings. The lowest BCUT2D eigenvalue weighted by atomic mass is 10.1. The highest BCUT2D eigenvalue weighted by Gasteiger charge is 2.34. The van der Waals surface area contributed by atoms with Crippen LogP contribution in [-0.2, 0) is 4.79 Å². The first-order valence-corrected chi connectivity index (χ1v) is 10.2. The number of para-hydroxylation sites is 1. The van der Waals surface area contributed by atoms with E-state index in [9.17, 15) is 14.0 Å². The molecule has 4 nitrogen and oxygen atoms in total. The molecular formula is C23H19FN2O2S. The Labute approximate surface area is 172 Å². The molecule has 0 spiro atoms. The largest absolute Gasteiger partial charge is 0.322 e. The molecule has 6 heteroatoms. The lowest BCUT2D eigenvalue weighted by molar-refractivity contribution is -0.115. The van der Waals surface area contributed by atoms with Gasteiger partial charge in [0.15, 0.2) is 0 Å². The number of rotatable bonds is 4. The maximum Gasteiger partial charge on any atom is 0.255 e. The minimum Gasteiger partial charge on any atom is -0.322 e. The Kier molecular flexibility index (Phi) is 5.36. The van der Waals surface area contributed by atoms with Crippen molar-refractivity contribution in [3.05, 3.63) is 95.3 Å². The smallest absolute Gasteiger partial charge is 0.255 e. The normalized spacial score (nSPS) is 16.1. The topological polar surface area (TPSA) is 49.4 Å². The zero-order valence-corrected chi connectivity index (χ0v) is 16.6. The summed E-state index contributed by atoms with van der Waals surface area (Å²) >= 11 is 1.56. The molecule has 146 valence electrons. The summed E-state index contributed by atoms with van der Waals surface area (Å²) in [4.78, 5) is 26.8. The number of halogens is 1. The Bertz CT molecular complexity index is 1070. The van der Waals surface area contributed by atoms with Crippen LogP contribution in [0.2, 0.25) is 0 Å². The van der Waals surface area contributed by atoms with E-state index < -0.39 is 0 Å². The van der Waals surface area contributed by atoms with Gasteiger partial charge in [0.1, 0.15) is 11.2 Å². The average Bonchev–Trinajstić information content (AvgIpc) is 3.10. The van der Waals surface area contributed by atoms with Crippen molar-refractivity contribution < 1.29 is 14.0 Å². The Morgan fingerprint density at radius 3 is 2.59 bits per heavy atom. The van der Waals surface area contributed by atoms with Crippen molar-refractivity contribution in [1.29, 1.82) is 0 Å². The Balaban J connectivity index is 1.59. The van der Waals surface area contributed by atoms with Crippen LogP contribution >= 0.6 is 11.8 Å². The number of nitrogens with one attached hydrogen (secondary N) is 1. The van der Waals surface area contributed by atoms with Crippen LogP contribution in [0.25, 0.3) is 0 Å². The van der Waals surface area contributed by atoms with Gasteiger partial charge in [0.25, 0.3) is 5.91 Å². The van der Waals surface area contributed by atoms with E-state index in [4.69, 9.17) is 0 Å². The summed E-state index contributed by atoms with van der Waals surface area (Å²) in [5.74, 6) is -0.226. The van der Waals surface area contributed by atoms with Gasteiger partial charge >= 0.3 is 0 Å². The van der Waals surface area contributed by atoms with Gasteiger partial charge in [-0.1, -0.05) is 30.3 Å². The van der Waals surface area contributed by atoms with Crippen molar-refractivity contribution in [3.63, 3.8) is 0 Å². The van der Waals surface area contributed by atoms with E-state index in [1.807, 2.05) is 54.3 Å². The lowest BCUT2D eigenvalue weighted by Gasteiger charge is -2.26. The number of thioether (sulfide) groups is 1. The van der Waals surface area contributed by atoms with Crippen LogP contribution in [0.5, 0.6) is 0 Å². The number of nitrogens with zero attached hydrogens (tertiary/aromatic N) is 1. The molecule has 1 heterocycles. The molecule has 1 atom stereocenters. The van der Waals surface area contributed by atoms with E-state index in [1.54, 1.807) is 17.8 Å². The highest BCUT2D eigenvalue weighted by Crippen LogP contribution is 2.43. The molecule has 29 heavy (non-hydrogen) atoms. The standard InChI is InChI=1S/C23H19FN2O2S/c1-15-5-2-3-8-20(15)26-21(27)14-29-23(26)17-6-4-7-19(13-17)25-22(28)16-9-11-18(24)12-10-16/h2-13,23H,14H2,1H3,(H,25,28). The zero-order valence-electron chi connectivity index (χ0n) is 15.8. The van der Waals surface area contributed by atoms with Crippen molar-refractivity contribution in [2.75, 3.05) is 16.0 Å². The summed E-state index contributed by atoms with van der Waals surface area (Å²) in [6.07, 6.45) is 0. The Morgan fingerprint density at radius 2 is 1.83 bits per heavy atom. The van der Waals surface area contributed by atoms with Gasteiger partial charge < -0.3 is 5.32 Å². The molecular weight excluding hydrogens is 387 g/mol. The van der Waals surface area contributed by atoms with E-state index in [-0.39, 0.29) is 23.0 Å². The maximum absolute atomic E-state index is 13.1. The Morgan fingerprint density at radius 1 is 1.07 bits per heavy atom. The van der Waals surface area contributed by atoms with Gasteiger partial charge in [-0.15, -0.1) is 11.8 Å². The molecule has 4 rings (SSSR count). The van der Waals surface area contributed by atoms with Gasteiger partial charge in [-0.05, 0) is 60.5 Å². The maximum atomic E-state index is 13.1. The quantitative estimate of drug-likeness (QED) is 0.651. The molecule has 3 aromatic rings. The van der Waals surface area contributed by atoms with Crippen LogP contribution < -0.4 is 10.2 Å². The van der Waals surface area contributed by atoms with Crippen molar-refractivity contribution in [3.8, 4) is 0 Å². The summed E-state index contributed by atoms with van der Waals surface area (Å²) < 4.78 is 13.1. The van der Waals surface area contributed by atoms with Gasteiger partial charge in [-0.3, -0.25) is 14.5 Å². The molecule has 0 bridgehead atoms. The second-order valence-electron chi connectivity index (χ2n) is 6.80. The van der Waals surface area contributed by atoms with E-state index in [1.165, 1.54) is 24.3 Å². The minimum absolute atomic E-state index is 0.0649. The molecule has 1 N–H and O–H groups in total. The number of carbonyl (C=O) groups excluding carboxylic acids is 2. The summed E-state index contributed by atoms with van der Waals surface area (Å²) in [5.41, 5.74) is 3.87. The van der Waals surface area contributed by atoms with Gasteiger partial charge in [0.05, 0.1) is 5.75 Å². The fraction of sp³-hybridized carbons (Fsp3) is 0.130. The summed E-state index contributed by atoms with van der Waals surface area (Å²) in [6, 6.07) is 20.7. The number of benzene rings is 3. The molecule has 0 aromatic heterocycles. The van der Waals surface area contributed by atoms with Crippen molar-refractivity contribution in [2.45, 2.75) is 12.3 Å². The Hall–Kier alpha value is -3.12. The molecule has 0 aliphatic carbocycles. The van der Waals surface area contributed by atoms with E-state index in [0.717, 1.165) is 16.8 Å². The van der Waals surface area contributed by atoms with Crippen molar-refractivity contribution in [1.82, 2.24) is 0 Å². The lowest BCUT2D eigenvalue weighted by Crippen LogP contribution is -2.28. The molecule has 1 fully saturated rings.